The van der Waals surface area contributed by atoms with Gasteiger partial charge in [0.1, 0.15) is 0 Å². The van der Waals surface area contributed by atoms with Crippen molar-refractivity contribution >= 4 is 23.4 Å². The lowest BCUT2D eigenvalue weighted by Crippen LogP contribution is -2.50. The number of hydrogen-bond donors (Lipinski definition) is 2. The van der Waals surface area contributed by atoms with Crippen molar-refractivity contribution < 1.29 is 9.59 Å². The van der Waals surface area contributed by atoms with Crippen LogP contribution in [0.4, 0.5) is 21.0 Å². The molecule has 0 heterocycles. The quantitative estimate of drug-likeness (QED) is 0.381. The summed E-state index contributed by atoms with van der Waals surface area (Å²) in [5.74, 6) is 0. The third kappa shape index (κ3) is 7.29. The molecule has 0 radical (unpaired) electrons. The smallest absolute Gasteiger partial charge is 0.319 e. The number of hydrogen-bond acceptors (Lipinski definition) is 2. The van der Waals surface area contributed by atoms with E-state index >= 15 is 0 Å². The van der Waals surface area contributed by atoms with Gasteiger partial charge in [0, 0.05) is 35.5 Å². The maximum atomic E-state index is 13.8. The molecule has 4 saturated carbocycles. The van der Waals surface area contributed by atoms with Gasteiger partial charge in [0.2, 0.25) is 0 Å². The van der Waals surface area contributed by atoms with Gasteiger partial charge in [0.25, 0.3) is 0 Å². The molecule has 1 aromatic rings. The minimum atomic E-state index is 0.0426. The Morgan fingerprint density at radius 3 is 1.31 bits per heavy atom. The summed E-state index contributed by atoms with van der Waals surface area (Å²) in [6, 6.07) is 7.49. The lowest BCUT2D eigenvalue weighted by molar-refractivity contribution is 0.113. The SMILES string of the molecule is Cc1ccc(NC(=O)N(C2CCCCC2)C2CCCCC2)cc1NC(=O)N(C1CCCCC1)C1CCCCC1. The molecule has 0 unspecified atom stereocenters. The molecule has 4 aliphatic carbocycles. The van der Waals surface area contributed by atoms with Crippen molar-refractivity contribution in [3.8, 4) is 0 Å². The van der Waals surface area contributed by atoms with Crippen molar-refractivity contribution in [2.24, 2.45) is 0 Å². The molecule has 0 spiro atoms. The number of amides is 4. The molecular formula is C33H52N4O2. The van der Waals surface area contributed by atoms with E-state index in [1.165, 1.54) is 77.0 Å². The predicted molar refractivity (Wildman–Crippen MR) is 160 cm³/mol. The highest BCUT2D eigenvalue weighted by Crippen LogP contribution is 2.33. The number of nitrogens with zero attached hydrogens (tertiary/aromatic N) is 2. The number of rotatable bonds is 6. The molecule has 4 fully saturated rings. The number of urea groups is 2. The molecule has 4 aliphatic rings. The molecule has 6 nitrogen and oxygen atoms in total. The molecule has 6 heteroatoms. The third-order valence-corrected chi connectivity index (χ3v) is 10.1. The van der Waals surface area contributed by atoms with Crippen LogP contribution < -0.4 is 10.6 Å². The van der Waals surface area contributed by atoms with E-state index in [0.29, 0.717) is 24.2 Å². The first-order valence-electron chi connectivity index (χ1n) is 16.4. The van der Waals surface area contributed by atoms with E-state index < -0.39 is 0 Å². The van der Waals surface area contributed by atoms with Crippen LogP contribution in [-0.4, -0.2) is 46.0 Å². The van der Waals surface area contributed by atoms with Crippen LogP contribution >= 0.6 is 0 Å². The molecule has 0 saturated heterocycles. The van der Waals surface area contributed by atoms with Gasteiger partial charge < -0.3 is 20.4 Å². The Labute approximate surface area is 236 Å². The molecule has 5 rings (SSSR count). The number of nitrogens with one attached hydrogen (secondary N) is 2. The van der Waals surface area contributed by atoms with Crippen LogP contribution in [0.3, 0.4) is 0 Å². The van der Waals surface area contributed by atoms with Gasteiger partial charge in [-0.3, -0.25) is 0 Å². The largest absolute Gasteiger partial charge is 0.322 e. The predicted octanol–water partition coefficient (Wildman–Crippen LogP) is 8.99. The Balaban J connectivity index is 1.30. The molecular weight excluding hydrogens is 484 g/mol. The van der Waals surface area contributed by atoms with Gasteiger partial charge in [-0.05, 0) is 76.0 Å². The van der Waals surface area contributed by atoms with E-state index in [4.69, 9.17) is 0 Å². The van der Waals surface area contributed by atoms with Crippen molar-refractivity contribution in [1.82, 2.24) is 9.80 Å². The summed E-state index contributed by atoms with van der Waals surface area (Å²) in [6.45, 7) is 2.04. The first kappa shape index (κ1) is 28.3. The van der Waals surface area contributed by atoms with E-state index in [2.05, 4.69) is 20.4 Å². The van der Waals surface area contributed by atoms with E-state index in [1.54, 1.807) is 0 Å². The molecule has 2 N–H and O–H groups in total. The second kappa shape index (κ2) is 13.9. The number of carbonyl (C=O) groups is 2. The van der Waals surface area contributed by atoms with Gasteiger partial charge in [-0.25, -0.2) is 9.59 Å². The highest BCUT2D eigenvalue weighted by atomic mass is 16.2. The summed E-state index contributed by atoms with van der Waals surface area (Å²) in [5.41, 5.74) is 2.63. The van der Waals surface area contributed by atoms with Crippen LogP contribution in [0.5, 0.6) is 0 Å². The van der Waals surface area contributed by atoms with E-state index in [1.807, 2.05) is 25.1 Å². The van der Waals surface area contributed by atoms with Crippen LogP contribution in [0.15, 0.2) is 18.2 Å². The Hall–Kier alpha value is -2.24. The minimum Gasteiger partial charge on any atom is -0.319 e. The van der Waals surface area contributed by atoms with Crippen LogP contribution in [0.1, 0.15) is 134 Å². The zero-order valence-electron chi connectivity index (χ0n) is 24.4. The Morgan fingerprint density at radius 2 is 0.923 bits per heavy atom. The third-order valence-electron chi connectivity index (χ3n) is 10.1. The maximum Gasteiger partial charge on any atom is 0.322 e. The first-order valence-corrected chi connectivity index (χ1v) is 16.4. The van der Waals surface area contributed by atoms with Gasteiger partial charge in [0.05, 0.1) is 0 Å². The summed E-state index contributed by atoms with van der Waals surface area (Å²) in [4.78, 5) is 32.0. The fourth-order valence-corrected chi connectivity index (χ4v) is 7.90. The van der Waals surface area contributed by atoms with Gasteiger partial charge in [-0.15, -0.1) is 0 Å². The molecule has 216 valence electrons. The number of benzene rings is 1. The molecule has 0 aliphatic heterocycles. The van der Waals surface area contributed by atoms with Crippen molar-refractivity contribution in [2.45, 2.75) is 160 Å². The second-order valence-corrected chi connectivity index (χ2v) is 12.9. The second-order valence-electron chi connectivity index (χ2n) is 12.9. The van der Waals surface area contributed by atoms with Gasteiger partial charge >= 0.3 is 12.1 Å². The van der Waals surface area contributed by atoms with Crippen molar-refractivity contribution in [1.29, 1.82) is 0 Å². The van der Waals surface area contributed by atoms with Crippen LogP contribution in [-0.2, 0) is 0 Å². The fourth-order valence-electron chi connectivity index (χ4n) is 7.90. The molecule has 0 atom stereocenters. The summed E-state index contributed by atoms with van der Waals surface area (Å²) < 4.78 is 0. The topological polar surface area (TPSA) is 64.7 Å². The van der Waals surface area contributed by atoms with Crippen molar-refractivity contribution in [2.75, 3.05) is 10.6 Å². The number of anilines is 2. The highest BCUT2D eigenvalue weighted by molar-refractivity contribution is 5.94. The van der Waals surface area contributed by atoms with Crippen LogP contribution in [0.25, 0.3) is 0 Å². The maximum absolute atomic E-state index is 13.8. The van der Waals surface area contributed by atoms with Crippen LogP contribution in [0.2, 0.25) is 0 Å². The standard InChI is InChI=1S/C33H52N4O2/c1-25-22-23-26(34-32(38)36(27-14-6-2-7-15-27)28-16-8-3-9-17-28)24-31(25)35-33(39)37(29-18-10-4-11-19-29)30-20-12-5-13-21-30/h22-24,27-30H,2-21H2,1H3,(H,34,38)(H,35,39). The van der Waals surface area contributed by atoms with Crippen molar-refractivity contribution in [3.63, 3.8) is 0 Å². The monoisotopic (exact) mass is 536 g/mol. The van der Waals surface area contributed by atoms with Crippen LogP contribution in [0, 0.1) is 6.92 Å². The number of aryl methyl sites for hydroxylation is 1. The fraction of sp³-hybridized carbons (Fsp3) is 0.758. The zero-order chi connectivity index (χ0) is 27.0. The van der Waals surface area contributed by atoms with Crippen molar-refractivity contribution in [3.05, 3.63) is 23.8 Å². The van der Waals surface area contributed by atoms with Gasteiger partial charge in [-0.2, -0.15) is 0 Å². The molecule has 39 heavy (non-hydrogen) atoms. The molecule has 0 bridgehead atoms. The lowest BCUT2D eigenvalue weighted by atomic mass is 9.89. The molecule has 1 aromatic carbocycles. The van der Waals surface area contributed by atoms with E-state index in [9.17, 15) is 9.59 Å². The molecule has 4 amide bonds. The minimum absolute atomic E-state index is 0.0426. The average molecular weight is 537 g/mol. The summed E-state index contributed by atoms with van der Waals surface area (Å²) >= 11 is 0. The average Bonchev–Trinajstić information content (AvgIpc) is 2.97. The van der Waals surface area contributed by atoms with Gasteiger partial charge in [-0.1, -0.05) is 83.1 Å². The number of carbonyl (C=O) groups excluding carboxylic acids is 2. The normalized spacial score (nSPS) is 22.3. The Kier molecular flexibility index (Phi) is 10.1. The summed E-state index contributed by atoms with van der Waals surface area (Å²) in [5, 5.41) is 6.55. The Morgan fingerprint density at radius 1 is 0.564 bits per heavy atom. The molecule has 0 aromatic heterocycles. The highest BCUT2D eigenvalue weighted by Gasteiger charge is 2.34. The van der Waals surface area contributed by atoms with E-state index in [0.717, 1.165) is 68.3 Å². The lowest BCUT2D eigenvalue weighted by Gasteiger charge is -2.42. The summed E-state index contributed by atoms with van der Waals surface area (Å²) in [7, 11) is 0. The van der Waals surface area contributed by atoms with E-state index in [-0.39, 0.29) is 12.1 Å². The first-order chi connectivity index (χ1) is 19.1. The zero-order valence-corrected chi connectivity index (χ0v) is 24.4. The summed E-state index contributed by atoms with van der Waals surface area (Å²) in [6.07, 6.45) is 23.9. The Bertz CT molecular complexity index is 905. The van der Waals surface area contributed by atoms with Gasteiger partial charge in [0.15, 0.2) is 0 Å².